The molecule has 0 saturated heterocycles. The van der Waals surface area contributed by atoms with Crippen molar-refractivity contribution in [2.24, 2.45) is 0 Å². The molecule has 1 aliphatic rings. The number of nitrogens with one attached hydrogen (secondary N) is 1. The Morgan fingerprint density at radius 1 is 1.27 bits per heavy atom. The zero-order valence-corrected chi connectivity index (χ0v) is 15.9. The van der Waals surface area contributed by atoms with E-state index in [2.05, 4.69) is 34.1 Å². The molecule has 138 valence electrons. The van der Waals surface area contributed by atoms with Crippen LogP contribution in [0, 0.1) is 13.8 Å². The standard InChI is InChI=1S/C21H26N2O3/c1-13-19(21(25)26-4)14(2)22-20(13)18(24)12-23(3)17-11-7-9-15-8-5-6-10-16(15)17/h5-6,8,10,17,22H,7,9,11-12H2,1-4H3. The third-order valence-electron chi connectivity index (χ3n) is 5.37. The van der Waals surface area contributed by atoms with Crippen molar-refractivity contribution < 1.29 is 14.3 Å². The number of carbonyl (C=O) groups is 2. The largest absolute Gasteiger partial charge is 0.465 e. The molecule has 0 spiro atoms. The number of fused-ring (bicyclic) bond motifs is 1. The maximum absolute atomic E-state index is 12.9. The van der Waals surface area contributed by atoms with Crippen molar-refractivity contribution in [1.29, 1.82) is 0 Å². The third-order valence-corrected chi connectivity index (χ3v) is 5.37. The lowest BCUT2D eigenvalue weighted by Crippen LogP contribution is -2.32. The average Bonchev–Trinajstić information content (AvgIpc) is 2.95. The van der Waals surface area contributed by atoms with Gasteiger partial charge in [0.25, 0.3) is 0 Å². The average molecular weight is 354 g/mol. The Morgan fingerprint density at radius 2 is 2.00 bits per heavy atom. The molecule has 0 aliphatic heterocycles. The van der Waals surface area contributed by atoms with Crippen LogP contribution < -0.4 is 0 Å². The summed E-state index contributed by atoms with van der Waals surface area (Å²) in [6, 6.07) is 8.73. The highest BCUT2D eigenvalue weighted by atomic mass is 16.5. The number of nitrogens with zero attached hydrogens (tertiary/aromatic N) is 1. The molecule has 0 saturated carbocycles. The smallest absolute Gasteiger partial charge is 0.339 e. The van der Waals surface area contributed by atoms with Gasteiger partial charge in [-0.05, 0) is 56.8 Å². The molecule has 5 nitrogen and oxygen atoms in total. The highest BCUT2D eigenvalue weighted by Gasteiger charge is 2.27. The molecule has 2 aromatic rings. The molecule has 3 rings (SSSR count). The first-order valence-electron chi connectivity index (χ1n) is 9.02. The second-order valence-electron chi connectivity index (χ2n) is 7.06. The molecule has 0 bridgehead atoms. The summed E-state index contributed by atoms with van der Waals surface area (Å²) in [5.74, 6) is -0.420. The molecule has 1 atom stereocenters. The second kappa shape index (κ2) is 7.46. The predicted molar refractivity (Wildman–Crippen MR) is 101 cm³/mol. The highest BCUT2D eigenvalue weighted by molar-refractivity contribution is 6.02. The number of hydrogen-bond acceptors (Lipinski definition) is 4. The number of H-pyrrole nitrogens is 1. The molecule has 0 radical (unpaired) electrons. The number of aromatic nitrogens is 1. The highest BCUT2D eigenvalue weighted by Crippen LogP contribution is 2.33. The number of ketones is 1. The van der Waals surface area contributed by atoms with E-state index in [-0.39, 0.29) is 11.8 Å². The van der Waals surface area contributed by atoms with Crippen LogP contribution in [0.4, 0.5) is 0 Å². The number of methoxy groups -OCH3 is 1. The van der Waals surface area contributed by atoms with E-state index in [1.165, 1.54) is 18.2 Å². The van der Waals surface area contributed by atoms with Gasteiger partial charge in [0.2, 0.25) is 0 Å². The lowest BCUT2D eigenvalue weighted by atomic mass is 9.87. The Labute approximate surface area is 154 Å². The second-order valence-corrected chi connectivity index (χ2v) is 7.06. The number of aromatic amines is 1. The van der Waals surface area contributed by atoms with Crippen LogP contribution in [0.2, 0.25) is 0 Å². The van der Waals surface area contributed by atoms with Crippen LogP contribution in [0.3, 0.4) is 0 Å². The van der Waals surface area contributed by atoms with Gasteiger partial charge in [0.05, 0.1) is 24.9 Å². The fourth-order valence-corrected chi connectivity index (χ4v) is 4.04. The lowest BCUT2D eigenvalue weighted by Gasteiger charge is -2.32. The van der Waals surface area contributed by atoms with Gasteiger partial charge in [-0.15, -0.1) is 0 Å². The maximum Gasteiger partial charge on any atom is 0.339 e. The Kier molecular flexibility index (Phi) is 5.28. The SMILES string of the molecule is COC(=O)c1c(C)[nH]c(C(=O)CN(C)C2CCCc3ccccc32)c1C. The Balaban J connectivity index is 1.80. The molecule has 1 aromatic carbocycles. The monoisotopic (exact) mass is 354 g/mol. The van der Waals surface area contributed by atoms with E-state index in [0.717, 1.165) is 19.3 Å². The fraction of sp³-hybridized carbons (Fsp3) is 0.429. The maximum atomic E-state index is 12.9. The van der Waals surface area contributed by atoms with Gasteiger partial charge < -0.3 is 9.72 Å². The topological polar surface area (TPSA) is 62.4 Å². The lowest BCUT2D eigenvalue weighted by molar-refractivity contribution is 0.0599. The van der Waals surface area contributed by atoms with Gasteiger partial charge in [-0.2, -0.15) is 0 Å². The number of carbonyl (C=O) groups excluding carboxylic acids is 2. The van der Waals surface area contributed by atoms with Crippen LogP contribution in [0.1, 0.15) is 62.1 Å². The van der Waals surface area contributed by atoms with Gasteiger partial charge in [-0.25, -0.2) is 4.79 Å². The van der Waals surface area contributed by atoms with Crippen LogP contribution in [0.5, 0.6) is 0 Å². The van der Waals surface area contributed by atoms with E-state index in [0.29, 0.717) is 29.1 Å². The van der Waals surface area contributed by atoms with Crippen molar-refractivity contribution in [3.63, 3.8) is 0 Å². The number of benzene rings is 1. The van der Waals surface area contributed by atoms with E-state index in [9.17, 15) is 9.59 Å². The summed E-state index contributed by atoms with van der Waals surface area (Å²) in [6.07, 6.45) is 3.29. The first kappa shape index (κ1) is 18.4. The summed E-state index contributed by atoms with van der Waals surface area (Å²) in [5, 5.41) is 0. The Hall–Kier alpha value is -2.40. The van der Waals surface area contributed by atoms with Crippen molar-refractivity contribution in [1.82, 2.24) is 9.88 Å². The summed E-state index contributed by atoms with van der Waals surface area (Å²) < 4.78 is 4.83. The molecule has 0 fully saturated rings. The van der Waals surface area contributed by atoms with Gasteiger partial charge in [0, 0.05) is 11.7 Å². The summed E-state index contributed by atoms with van der Waals surface area (Å²) >= 11 is 0. The number of Topliss-reactive ketones (excluding diaryl/α,β-unsaturated/α-hetero) is 1. The van der Waals surface area contributed by atoms with Gasteiger partial charge in [-0.1, -0.05) is 24.3 Å². The fourth-order valence-electron chi connectivity index (χ4n) is 4.04. The molecule has 26 heavy (non-hydrogen) atoms. The Morgan fingerprint density at radius 3 is 2.73 bits per heavy atom. The Bertz CT molecular complexity index is 838. The first-order chi connectivity index (χ1) is 12.4. The van der Waals surface area contributed by atoms with Crippen molar-refractivity contribution >= 4 is 11.8 Å². The van der Waals surface area contributed by atoms with E-state index in [1.54, 1.807) is 13.8 Å². The number of esters is 1. The van der Waals surface area contributed by atoms with E-state index >= 15 is 0 Å². The molecular formula is C21H26N2O3. The molecule has 1 aromatic heterocycles. The molecule has 1 aliphatic carbocycles. The zero-order valence-electron chi connectivity index (χ0n) is 15.9. The summed E-state index contributed by atoms with van der Waals surface area (Å²) in [6.45, 7) is 3.89. The third kappa shape index (κ3) is 3.31. The predicted octanol–water partition coefficient (Wildman–Crippen LogP) is 3.61. The zero-order chi connectivity index (χ0) is 18.8. The van der Waals surface area contributed by atoms with E-state index < -0.39 is 5.97 Å². The van der Waals surface area contributed by atoms with Gasteiger partial charge in [0.15, 0.2) is 5.78 Å². The normalized spacial score (nSPS) is 16.4. The quantitative estimate of drug-likeness (QED) is 0.658. The van der Waals surface area contributed by atoms with Crippen LogP contribution in [-0.4, -0.2) is 42.3 Å². The number of aryl methyl sites for hydroxylation is 2. The van der Waals surface area contributed by atoms with Gasteiger partial charge in [0.1, 0.15) is 0 Å². The molecule has 1 N–H and O–H groups in total. The van der Waals surface area contributed by atoms with Crippen LogP contribution >= 0.6 is 0 Å². The van der Waals surface area contributed by atoms with E-state index in [1.807, 2.05) is 7.05 Å². The summed E-state index contributed by atoms with van der Waals surface area (Å²) in [7, 11) is 3.35. The van der Waals surface area contributed by atoms with Gasteiger partial charge in [-0.3, -0.25) is 9.69 Å². The minimum Gasteiger partial charge on any atom is -0.465 e. The molecule has 1 unspecified atom stereocenters. The number of hydrogen-bond donors (Lipinski definition) is 1. The first-order valence-corrected chi connectivity index (χ1v) is 9.02. The molecule has 5 heteroatoms. The molecule has 1 heterocycles. The van der Waals surface area contributed by atoms with Gasteiger partial charge >= 0.3 is 5.97 Å². The van der Waals surface area contributed by atoms with Crippen molar-refractivity contribution in [3.8, 4) is 0 Å². The van der Waals surface area contributed by atoms with Crippen LogP contribution in [0.15, 0.2) is 24.3 Å². The minimum absolute atomic E-state index is 0.00805. The number of likely N-dealkylation sites (N-methyl/N-ethyl adjacent to an activating group) is 1. The van der Waals surface area contributed by atoms with Crippen molar-refractivity contribution in [2.75, 3.05) is 20.7 Å². The summed E-state index contributed by atoms with van der Waals surface area (Å²) in [4.78, 5) is 30.0. The number of rotatable bonds is 5. The van der Waals surface area contributed by atoms with Crippen LogP contribution in [-0.2, 0) is 11.2 Å². The summed E-state index contributed by atoms with van der Waals surface area (Å²) in [5.41, 5.74) is 4.99. The van der Waals surface area contributed by atoms with Crippen LogP contribution in [0.25, 0.3) is 0 Å². The minimum atomic E-state index is -0.412. The molecular weight excluding hydrogens is 328 g/mol. The molecule has 0 amide bonds. The van der Waals surface area contributed by atoms with E-state index in [4.69, 9.17) is 4.74 Å². The van der Waals surface area contributed by atoms with Crippen molar-refractivity contribution in [2.45, 2.75) is 39.2 Å². The number of ether oxygens (including phenoxy) is 1. The van der Waals surface area contributed by atoms with Crippen molar-refractivity contribution in [3.05, 3.63) is 57.9 Å².